The van der Waals surface area contributed by atoms with Crippen molar-refractivity contribution >= 4 is 15.9 Å². The molecule has 0 aromatic heterocycles. The number of halogens is 1. The van der Waals surface area contributed by atoms with Gasteiger partial charge in [-0.15, -0.1) is 0 Å². The first-order valence-corrected chi connectivity index (χ1v) is 4.11. The quantitative estimate of drug-likeness (QED) is 0.549. The van der Waals surface area contributed by atoms with E-state index in [1.165, 1.54) is 31.0 Å². The fourth-order valence-electron chi connectivity index (χ4n) is 0.936. The van der Waals surface area contributed by atoms with Crippen molar-refractivity contribution in [2.24, 2.45) is 5.92 Å². The predicted octanol–water partition coefficient (Wildman–Crippen LogP) is 2.57. The van der Waals surface area contributed by atoms with Crippen LogP contribution in [-0.2, 0) is 0 Å². The van der Waals surface area contributed by atoms with Crippen LogP contribution in [0.1, 0.15) is 25.7 Å². The van der Waals surface area contributed by atoms with E-state index in [0.29, 0.717) is 0 Å². The van der Waals surface area contributed by atoms with Gasteiger partial charge in [-0.2, -0.15) is 0 Å². The third-order valence-electron chi connectivity index (χ3n) is 1.74. The molecule has 0 heterocycles. The number of hydrogen-bond donors (Lipinski definition) is 0. The average Bonchev–Trinajstić information content (AvgIpc) is 1.55. The lowest BCUT2D eigenvalue weighted by atomic mass is 9.84. The van der Waals surface area contributed by atoms with Gasteiger partial charge in [-0.3, -0.25) is 0 Å². The Bertz CT molecular complexity index is 48.1. The summed E-state index contributed by atoms with van der Waals surface area (Å²) in [4.78, 5) is 0. The lowest BCUT2D eigenvalue weighted by Gasteiger charge is -2.23. The molecule has 0 nitrogen and oxygen atoms in total. The van der Waals surface area contributed by atoms with Crippen molar-refractivity contribution in [2.45, 2.75) is 25.7 Å². The Balaban J connectivity index is 1.93. The molecule has 0 spiro atoms. The van der Waals surface area contributed by atoms with E-state index in [0.717, 1.165) is 5.92 Å². The van der Waals surface area contributed by atoms with Gasteiger partial charge in [0.15, 0.2) is 0 Å². The summed E-state index contributed by atoms with van der Waals surface area (Å²) < 4.78 is 0. The maximum Gasteiger partial charge on any atom is 0.00339 e. The van der Waals surface area contributed by atoms with Gasteiger partial charge >= 0.3 is 0 Å². The van der Waals surface area contributed by atoms with Crippen LogP contribution in [0.25, 0.3) is 0 Å². The number of hydrogen-bond acceptors (Lipinski definition) is 0. The summed E-state index contributed by atoms with van der Waals surface area (Å²) in [5, 5.41) is 1.21. The van der Waals surface area contributed by atoms with Crippen LogP contribution in [0.3, 0.4) is 0 Å². The molecule has 0 N–H and O–H groups in total. The monoisotopic (exact) mass is 162 g/mol. The predicted molar refractivity (Wildman–Crippen MR) is 35.8 cm³/mol. The molecule has 1 aliphatic carbocycles. The van der Waals surface area contributed by atoms with E-state index < -0.39 is 0 Å². The maximum atomic E-state index is 3.42. The van der Waals surface area contributed by atoms with Gasteiger partial charge < -0.3 is 0 Å². The van der Waals surface area contributed by atoms with E-state index in [-0.39, 0.29) is 0 Å². The highest BCUT2D eigenvalue weighted by molar-refractivity contribution is 9.09. The molecule has 0 atom stereocenters. The number of alkyl halides is 1. The van der Waals surface area contributed by atoms with E-state index in [2.05, 4.69) is 15.9 Å². The summed E-state index contributed by atoms with van der Waals surface area (Å²) in [7, 11) is 0. The molecule has 0 aliphatic heterocycles. The first-order valence-electron chi connectivity index (χ1n) is 2.99. The van der Waals surface area contributed by atoms with Crippen molar-refractivity contribution < 1.29 is 0 Å². The summed E-state index contributed by atoms with van der Waals surface area (Å²) >= 11 is 3.42. The van der Waals surface area contributed by atoms with Crippen molar-refractivity contribution in [3.8, 4) is 0 Å². The van der Waals surface area contributed by atoms with E-state index in [4.69, 9.17) is 0 Å². The Morgan fingerprint density at radius 2 is 2.14 bits per heavy atom. The molecule has 1 rings (SSSR count). The molecule has 0 amide bonds. The molecule has 0 radical (unpaired) electrons. The van der Waals surface area contributed by atoms with Gasteiger partial charge in [-0.1, -0.05) is 35.2 Å². The van der Waals surface area contributed by atoms with Crippen LogP contribution < -0.4 is 0 Å². The summed E-state index contributed by atoms with van der Waals surface area (Å²) in [6.07, 6.45) is 5.87. The van der Waals surface area contributed by atoms with Crippen LogP contribution in [-0.4, -0.2) is 5.33 Å². The van der Waals surface area contributed by atoms with Crippen molar-refractivity contribution in [2.75, 3.05) is 5.33 Å². The van der Waals surface area contributed by atoms with Crippen LogP contribution in [0.2, 0.25) is 0 Å². The topological polar surface area (TPSA) is 0 Å². The first kappa shape index (κ1) is 5.61. The summed E-state index contributed by atoms with van der Waals surface area (Å²) in [5.41, 5.74) is 0. The van der Waals surface area contributed by atoms with Crippen LogP contribution in [0.15, 0.2) is 0 Å². The Morgan fingerprint density at radius 3 is 2.29 bits per heavy atom. The Morgan fingerprint density at radius 1 is 1.43 bits per heavy atom. The van der Waals surface area contributed by atoms with Gasteiger partial charge in [0.25, 0.3) is 0 Å². The number of rotatable bonds is 2. The Labute approximate surface area is 53.4 Å². The van der Waals surface area contributed by atoms with E-state index >= 15 is 0 Å². The standard InChI is InChI=1S/C6H11Br/c7-5-4-6-2-1-3-6/h6H,1-5H2. The summed E-state index contributed by atoms with van der Waals surface area (Å²) in [5.74, 6) is 1.08. The zero-order chi connectivity index (χ0) is 5.11. The molecule has 42 valence electrons. The van der Waals surface area contributed by atoms with Gasteiger partial charge in [0.05, 0.1) is 0 Å². The fraction of sp³-hybridized carbons (Fsp3) is 1.00. The highest BCUT2D eigenvalue weighted by atomic mass is 79.9. The normalized spacial score (nSPS) is 21.9. The highest BCUT2D eigenvalue weighted by Gasteiger charge is 2.15. The minimum atomic E-state index is 1.08. The second-order valence-corrected chi connectivity index (χ2v) is 3.07. The zero-order valence-electron chi connectivity index (χ0n) is 4.49. The molecule has 1 saturated carbocycles. The fourth-order valence-corrected chi connectivity index (χ4v) is 1.58. The Hall–Kier alpha value is 0.480. The summed E-state index contributed by atoms with van der Waals surface area (Å²) in [6.45, 7) is 0. The summed E-state index contributed by atoms with van der Waals surface area (Å²) in [6, 6.07) is 0. The van der Waals surface area contributed by atoms with E-state index in [1.54, 1.807) is 0 Å². The molecule has 0 bridgehead atoms. The second-order valence-electron chi connectivity index (χ2n) is 2.27. The molecule has 0 unspecified atom stereocenters. The zero-order valence-corrected chi connectivity index (χ0v) is 6.08. The third kappa shape index (κ3) is 1.45. The smallest absolute Gasteiger partial charge is 0.00339 e. The van der Waals surface area contributed by atoms with Crippen molar-refractivity contribution in [1.82, 2.24) is 0 Å². The van der Waals surface area contributed by atoms with Crippen molar-refractivity contribution in [3.05, 3.63) is 0 Å². The largest absolute Gasteiger partial charge is 0.0928 e. The molecule has 1 aliphatic rings. The lowest BCUT2D eigenvalue weighted by molar-refractivity contribution is 0.309. The SMILES string of the molecule is BrCCC1CCC1. The second kappa shape index (κ2) is 2.71. The van der Waals surface area contributed by atoms with Gasteiger partial charge in [0.1, 0.15) is 0 Å². The van der Waals surface area contributed by atoms with E-state index in [1.807, 2.05) is 0 Å². The highest BCUT2D eigenvalue weighted by Crippen LogP contribution is 2.29. The third-order valence-corrected chi connectivity index (χ3v) is 2.20. The van der Waals surface area contributed by atoms with Gasteiger partial charge in [0, 0.05) is 5.33 Å². The molecule has 7 heavy (non-hydrogen) atoms. The molecule has 0 aromatic rings. The first-order chi connectivity index (χ1) is 3.43. The van der Waals surface area contributed by atoms with Crippen molar-refractivity contribution in [1.29, 1.82) is 0 Å². The maximum absolute atomic E-state index is 3.42. The van der Waals surface area contributed by atoms with Crippen LogP contribution in [0.5, 0.6) is 0 Å². The van der Waals surface area contributed by atoms with Crippen LogP contribution in [0, 0.1) is 5.92 Å². The van der Waals surface area contributed by atoms with Gasteiger partial charge in [-0.25, -0.2) is 0 Å². The average molecular weight is 163 g/mol. The van der Waals surface area contributed by atoms with Crippen LogP contribution in [0.4, 0.5) is 0 Å². The van der Waals surface area contributed by atoms with Crippen molar-refractivity contribution in [3.63, 3.8) is 0 Å². The van der Waals surface area contributed by atoms with Gasteiger partial charge in [0.2, 0.25) is 0 Å². The van der Waals surface area contributed by atoms with E-state index in [9.17, 15) is 0 Å². The Kier molecular flexibility index (Phi) is 2.17. The lowest BCUT2D eigenvalue weighted by Crippen LogP contribution is -2.10. The minimum absolute atomic E-state index is 1.08. The minimum Gasteiger partial charge on any atom is -0.0928 e. The molecule has 1 heteroatoms. The molecular weight excluding hydrogens is 152 g/mol. The van der Waals surface area contributed by atoms with Gasteiger partial charge in [-0.05, 0) is 12.3 Å². The van der Waals surface area contributed by atoms with Crippen LogP contribution >= 0.6 is 15.9 Å². The molecule has 1 fully saturated rings. The molecule has 0 aromatic carbocycles. The molecular formula is C6H11Br. The molecule has 0 saturated heterocycles.